The lowest BCUT2D eigenvalue weighted by molar-refractivity contribution is -0.379. The fraction of sp³-hybridized carbons (Fsp3) is 0.850. The largest absolute Gasteiger partial charge is 0.394 e. The molecule has 0 aromatic carbocycles. The molecule has 17 unspecified atom stereocenters. The number of aliphatic hydroxyl groups excluding tert-OH is 11. The van der Waals surface area contributed by atoms with E-state index in [0.717, 1.165) is 51.4 Å². The monoisotopic (exact) mass is 1130 g/mol. The summed E-state index contributed by atoms with van der Waals surface area (Å²) in [4.78, 5) is 13.3. The Morgan fingerprint density at radius 2 is 0.835 bits per heavy atom. The second-order valence-electron chi connectivity index (χ2n) is 21.8. The van der Waals surface area contributed by atoms with Gasteiger partial charge in [0.25, 0.3) is 0 Å². The van der Waals surface area contributed by atoms with Gasteiger partial charge in [0.2, 0.25) is 5.91 Å². The van der Waals surface area contributed by atoms with Crippen molar-refractivity contribution in [2.45, 2.75) is 298 Å². The second kappa shape index (κ2) is 43.4. The molecule has 0 radical (unpaired) electrons. The van der Waals surface area contributed by atoms with Crippen molar-refractivity contribution in [1.29, 1.82) is 0 Å². The van der Waals surface area contributed by atoms with Crippen LogP contribution >= 0.6 is 0 Å². The molecule has 3 rings (SSSR count). The van der Waals surface area contributed by atoms with Gasteiger partial charge in [0.05, 0.1) is 38.6 Å². The van der Waals surface area contributed by atoms with E-state index < -0.39 is 124 Å². The SMILES string of the molecule is CCC/C=C/CC/C=C/CC/C=C/C(O)C(COC1OC(CO)C(OC2OC(CO)C(OC3OC(CO)C(O)C(O)C3O)C(O)C2O)C(O)C1O)NC(=O)CCCCCCCCCCCCC/C=C\CCCCCCCCCC. The normalized spacial score (nSPS) is 30.6. The highest BCUT2D eigenvalue weighted by molar-refractivity contribution is 5.76. The topological polar surface area (TPSA) is 307 Å². The van der Waals surface area contributed by atoms with Gasteiger partial charge in [0.15, 0.2) is 18.9 Å². The van der Waals surface area contributed by atoms with Gasteiger partial charge in [0, 0.05) is 6.42 Å². The van der Waals surface area contributed by atoms with E-state index in [9.17, 15) is 61.0 Å². The van der Waals surface area contributed by atoms with Gasteiger partial charge in [-0.25, -0.2) is 0 Å². The second-order valence-corrected chi connectivity index (χ2v) is 21.8. The molecule has 19 heteroatoms. The molecule has 79 heavy (non-hydrogen) atoms. The van der Waals surface area contributed by atoms with E-state index in [2.05, 4.69) is 55.6 Å². The summed E-state index contributed by atoms with van der Waals surface area (Å²) < 4.78 is 34.2. The number of rotatable bonds is 44. The van der Waals surface area contributed by atoms with Crippen molar-refractivity contribution >= 4 is 5.91 Å². The van der Waals surface area contributed by atoms with Crippen LogP contribution in [0.25, 0.3) is 0 Å². The zero-order chi connectivity index (χ0) is 57.6. The van der Waals surface area contributed by atoms with Crippen molar-refractivity contribution in [2.75, 3.05) is 26.4 Å². The summed E-state index contributed by atoms with van der Waals surface area (Å²) in [5, 5.41) is 120. The average molecular weight is 1130 g/mol. The van der Waals surface area contributed by atoms with Gasteiger partial charge < -0.3 is 89.9 Å². The molecule has 17 atom stereocenters. The van der Waals surface area contributed by atoms with Crippen LogP contribution in [0, 0.1) is 0 Å². The van der Waals surface area contributed by atoms with Crippen molar-refractivity contribution in [1.82, 2.24) is 5.32 Å². The highest BCUT2D eigenvalue weighted by atomic mass is 16.8. The summed E-state index contributed by atoms with van der Waals surface area (Å²) in [6.45, 7) is 1.60. The minimum absolute atomic E-state index is 0.230. The summed E-state index contributed by atoms with van der Waals surface area (Å²) in [5.74, 6) is -0.293. The number of aliphatic hydroxyl groups is 11. The van der Waals surface area contributed by atoms with Crippen molar-refractivity contribution in [3.63, 3.8) is 0 Å². The molecule has 3 saturated heterocycles. The molecule has 3 fully saturated rings. The summed E-state index contributed by atoms with van der Waals surface area (Å²) in [5.41, 5.74) is 0. The molecule has 460 valence electrons. The fourth-order valence-electron chi connectivity index (χ4n) is 10.0. The Balaban J connectivity index is 1.46. The molecule has 3 aliphatic heterocycles. The van der Waals surface area contributed by atoms with E-state index >= 15 is 0 Å². The minimum Gasteiger partial charge on any atom is -0.394 e. The molecule has 1 amide bonds. The molecular formula is C60H107NO18. The molecule has 3 aliphatic rings. The van der Waals surface area contributed by atoms with E-state index in [-0.39, 0.29) is 18.9 Å². The van der Waals surface area contributed by atoms with Gasteiger partial charge in [-0.2, -0.15) is 0 Å². The molecule has 0 aromatic rings. The Hall–Kier alpha value is -2.25. The smallest absolute Gasteiger partial charge is 0.220 e. The number of ether oxygens (including phenoxy) is 6. The number of hydrogen-bond donors (Lipinski definition) is 12. The summed E-state index contributed by atoms with van der Waals surface area (Å²) in [7, 11) is 0. The maximum absolute atomic E-state index is 13.3. The van der Waals surface area contributed by atoms with Gasteiger partial charge >= 0.3 is 0 Å². The lowest BCUT2D eigenvalue weighted by Gasteiger charge is -2.48. The number of allylic oxidation sites excluding steroid dienone is 7. The quantitative estimate of drug-likeness (QED) is 0.0265. The van der Waals surface area contributed by atoms with Crippen molar-refractivity contribution in [3.05, 3.63) is 48.6 Å². The lowest BCUT2D eigenvalue weighted by Crippen LogP contribution is -2.66. The first-order chi connectivity index (χ1) is 38.3. The van der Waals surface area contributed by atoms with Crippen LogP contribution in [0.15, 0.2) is 48.6 Å². The van der Waals surface area contributed by atoms with Crippen LogP contribution in [0.4, 0.5) is 0 Å². The Kier molecular flexibility index (Phi) is 39.0. The molecule has 0 saturated carbocycles. The summed E-state index contributed by atoms with van der Waals surface area (Å²) in [6, 6.07) is -0.995. The first-order valence-corrected chi connectivity index (χ1v) is 30.4. The molecule has 3 heterocycles. The number of carbonyl (C=O) groups excluding carboxylic acids is 1. The van der Waals surface area contributed by atoms with E-state index in [1.165, 1.54) is 109 Å². The minimum atomic E-state index is -1.98. The molecule has 12 N–H and O–H groups in total. The zero-order valence-electron chi connectivity index (χ0n) is 47.8. The number of unbranched alkanes of at least 4 members (excludes halogenated alkanes) is 22. The standard InChI is InChI=1S/C60H107NO18/c1-3-5-7-9-11-13-15-16-17-18-19-20-21-22-23-24-25-26-28-30-32-34-36-38-48(66)61-43(44(65)37-35-33-31-29-27-14-12-10-8-6-4-2)42-74-58-54(72)51(69)56(46(40-63)76-58)79-60-55(73)52(70)57(47(41-64)77-60)78-59-53(71)50(68)49(67)45(39-62)75-59/h8,10,18-19,27,29,35,37,43-47,49-60,62-65,67-73H,3-7,9,11-17,20-26,28,30-34,36,38-42H2,1-2H3,(H,61,66)/b10-8+,19-18-,29-27+,37-35+. The third-order valence-electron chi connectivity index (χ3n) is 15.1. The third-order valence-corrected chi connectivity index (χ3v) is 15.1. The Morgan fingerprint density at radius 1 is 0.443 bits per heavy atom. The Labute approximate surface area is 472 Å². The van der Waals surface area contributed by atoms with E-state index in [0.29, 0.717) is 12.8 Å². The van der Waals surface area contributed by atoms with Crippen LogP contribution in [0.5, 0.6) is 0 Å². The Morgan fingerprint density at radius 3 is 1.32 bits per heavy atom. The molecule has 0 bridgehead atoms. The predicted molar refractivity (Wildman–Crippen MR) is 300 cm³/mol. The average Bonchev–Trinajstić information content (AvgIpc) is 3.57. The van der Waals surface area contributed by atoms with Gasteiger partial charge in [-0.05, 0) is 64.2 Å². The summed E-state index contributed by atoms with van der Waals surface area (Å²) in [6.07, 6.45) is 21.2. The van der Waals surface area contributed by atoms with Crippen LogP contribution < -0.4 is 5.32 Å². The van der Waals surface area contributed by atoms with Crippen molar-refractivity contribution in [2.24, 2.45) is 0 Å². The molecule has 0 aromatic heterocycles. The van der Waals surface area contributed by atoms with Crippen LogP contribution in [-0.4, -0.2) is 193 Å². The van der Waals surface area contributed by atoms with Crippen LogP contribution in [0.1, 0.15) is 194 Å². The Bertz CT molecular complexity index is 1630. The van der Waals surface area contributed by atoms with Gasteiger partial charge in [-0.15, -0.1) is 0 Å². The lowest BCUT2D eigenvalue weighted by atomic mass is 9.96. The highest BCUT2D eigenvalue weighted by Gasteiger charge is 2.53. The number of nitrogens with one attached hydrogen (secondary N) is 1. The number of carbonyl (C=O) groups is 1. The van der Waals surface area contributed by atoms with Crippen molar-refractivity contribution < 1.29 is 89.4 Å². The van der Waals surface area contributed by atoms with Gasteiger partial charge in [0.1, 0.15) is 73.2 Å². The number of amides is 1. The van der Waals surface area contributed by atoms with Crippen LogP contribution in [0.2, 0.25) is 0 Å². The summed E-state index contributed by atoms with van der Waals surface area (Å²) >= 11 is 0. The van der Waals surface area contributed by atoms with Crippen LogP contribution in [-0.2, 0) is 33.2 Å². The number of hydrogen-bond acceptors (Lipinski definition) is 18. The zero-order valence-corrected chi connectivity index (χ0v) is 47.8. The van der Waals surface area contributed by atoms with Gasteiger partial charge in [-0.1, -0.05) is 172 Å². The predicted octanol–water partition coefficient (Wildman–Crippen LogP) is 5.48. The molecular weight excluding hydrogens is 1020 g/mol. The fourth-order valence-corrected chi connectivity index (χ4v) is 10.0. The molecule has 0 aliphatic carbocycles. The highest BCUT2D eigenvalue weighted by Crippen LogP contribution is 2.33. The molecule has 0 spiro atoms. The first kappa shape index (κ1) is 71.0. The third kappa shape index (κ3) is 27.3. The van der Waals surface area contributed by atoms with Gasteiger partial charge in [-0.3, -0.25) is 4.79 Å². The van der Waals surface area contributed by atoms with E-state index in [4.69, 9.17) is 28.4 Å². The maximum atomic E-state index is 13.3. The van der Waals surface area contributed by atoms with E-state index in [1.54, 1.807) is 6.08 Å². The van der Waals surface area contributed by atoms with E-state index in [1.807, 2.05) is 6.08 Å². The first-order valence-electron chi connectivity index (χ1n) is 30.4. The van der Waals surface area contributed by atoms with Crippen LogP contribution in [0.3, 0.4) is 0 Å². The maximum Gasteiger partial charge on any atom is 0.220 e. The van der Waals surface area contributed by atoms with Crippen molar-refractivity contribution in [3.8, 4) is 0 Å². The molecule has 19 nitrogen and oxygen atoms in total.